The van der Waals surface area contributed by atoms with E-state index in [2.05, 4.69) is 0 Å². The summed E-state index contributed by atoms with van der Waals surface area (Å²) in [7, 11) is -0.704. The third kappa shape index (κ3) is 2.41. The second-order valence-electron chi connectivity index (χ2n) is 5.61. The molecule has 2 saturated heterocycles. The van der Waals surface area contributed by atoms with E-state index in [0.29, 0.717) is 17.9 Å². The van der Waals surface area contributed by atoms with Crippen molar-refractivity contribution in [2.24, 2.45) is 5.92 Å². The SMILES string of the molecule is CCOc1ccccc1C(=O)C1CC2CCC(C1)S2=O. The van der Waals surface area contributed by atoms with Gasteiger partial charge < -0.3 is 4.74 Å². The van der Waals surface area contributed by atoms with Gasteiger partial charge in [-0.1, -0.05) is 12.1 Å². The molecule has 2 atom stereocenters. The molecular formula is C16H20O3S. The molecule has 0 radical (unpaired) electrons. The van der Waals surface area contributed by atoms with Gasteiger partial charge in [0.1, 0.15) is 5.75 Å². The molecule has 20 heavy (non-hydrogen) atoms. The number of Topliss-reactive ketones (excluding diaryl/α,β-unsaturated/α-hetero) is 1. The van der Waals surface area contributed by atoms with Crippen molar-refractivity contribution in [1.82, 2.24) is 0 Å². The van der Waals surface area contributed by atoms with Crippen LogP contribution in [-0.4, -0.2) is 27.1 Å². The van der Waals surface area contributed by atoms with Gasteiger partial charge in [-0.3, -0.25) is 9.00 Å². The maximum absolute atomic E-state index is 12.7. The van der Waals surface area contributed by atoms with Gasteiger partial charge in [-0.2, -0.15) is 0 Å². The zero-order valence-electron chi connectivity index (χ0n) is 11.7. The highest BCUT2D eigenvalue weighted by atomic mass is 32.2. The molecule has 0 aliphatic carbocycles. The molecule has 2 heterocycles. The van der Waals surface area contributed by atoms with Gasteiger partial charge in [0, 0.05) is 27.2 Å². The standard InChI is InChI=1S/C16H20O3S/c1-2-19-15-6-4-3-5-14(15)16(17)11-9-12-7-8-13(10-11)20(12)18/h3-6,11-13H,2,7-10H2,1H3. The number of fused-ring (bicyclic) bond motifs is 2. The number of rotatable bonds is 4. The number of benzene rings is 1. The Morgan fingerprint density at radius 1 is 1.25 bits per heavy atom. The van der Waals surface area contributed by atoms with Crippen LogP contribution in [0.2, 0.25) is 0 Å². The van der Waals surface area contributed by atoms with Gasteiger partial charge in [-0.15, -0.1) is 0 Å². The Hall–Kier alpha value is -1.16. The molecule has 3 rings (SSSR count). The summed E-state index contributed by atoms with van der Waals surface area (Å²) in [6, 6.07) is 7.47. The van der Waals surface area contributed by atoms with Crippen molar-refractivity contribution in [3.05, 3.63) is 29.8 Å². The highest BCUT2D eigenvalue weighted by Gasteiger charge is 2.43. The van der Waals surface area contributed by atoms with Crippen LogP contribution in [0.4, 0.5) is 0 Å². The van der Waals surface area contributed by atoms with E-state index >= 15 is 0 Å². The number of hydrogen-bond acceptors (Lipinski definition) is 3. The molecule has 2 fully saturated rings. The van der Waals surface area contributed by atoms with Crippen LogP contribution in [0.3, 0.4) is 0 Å². The first-order valence-electron chi connectivity index (χ1n) is 7.36. The minimum atomic E-state index is -0.704. The fraction of sp³-hybridized carbons (Fsp3) is 0.562. The Labute approximate surface area is 122 Å². The molecule has 3 nitrogen and oxygen atoms in total. The van der Waals surface area contributed by atoms with Crippen LogP contribution in [0.1, 0.15) is 43.0 Å². The van der Waals surface area contributed by atoms with Gasteiger partial charge >= 0.3 is 0 Å². The largest absolute Gasteiger partial charge is 0.493 e. The van der Waals surface area contributed by atoms with Crippen molar-refractivity contribution in [1.29, 1.82) is 0 Å². The van der Waals surface area contributed by atoms with Crippen LogP contribution in [-0.2, 0) is 10.8 Å². The predicted molar refractivity (Wildman–Crippen MR) is 79.6 cm³/mol. The molecule has 2 aliphatic heterocycles. The molecule has 0 amide bonds. The average molecular weight is 292 g/mol. The lowest BCUT2D eigenvalue weighted by atomic mass is 9.90. The minimum Gasteiger partial charge on any atom is -0.493 e. The van der Waals surface area contributed by atoms with Crippen molar-refractivity contribution in [3.8, 4) is 5.75 Å². The highest BCUT2D eigenvalue weighted by Crippen LogP contribution is 2.40. The number of ether oxygens (including phenoxy) is 1. The van der Waals surface area contributed by atoms with Gasteiger partial charge in [0.15, 0.2) is 5.78 Å². The van der Waals surface area contributed by atoms with Crippen molar-refractivity contribution in [2.75, 3.05) is 6.61 Å². The zero-order valence-corrected chi connectivity index (χ0v) is 12.5. The smallest absolute Gasteiger partial charge is 0.169 e. The number of hydrogen-bond donors (Lipinski definition) is 0. The van der Waals surface area contributed by atoms with Crippen molar-refractivity contribution in [2.45, 2.75) is 43.1 Å². The molecule has 2 unspecified atom stereocenters. The lowest BCUT2D eigenvalue weighted by Gasteiger charge is -2.26. The van der Waals surface area contributed by atoms with Gasteiger partial charge in [0.2, 0.25) is 0 Å². The Morgan fingerprint density at radius 3 is 2.55 bits per heavy atom. The maximum atomic E-state index is 12.7. The third-order valence-corrected chi connectivity index (χ3v) is 6.56. The third-order valence-electron chi connectivity index (χ3n) is 4.39. The monoisotopic (exact) mass is 292 g/mol. The maximum Gasteiger partial charge on any atom is 0.169 e. The van der Waals surface area contributed by atoms with Crippen molar-refractivity contribution in [3.63, 3.8) is 0 Å². The van der Waals surface area contributed by atoms with Gasteiger partial charge in [-0.25, -0.2) is 0 Å². The summed E-state index contributed by atoms with van der Waals surface area (Å²) in [6.07, 6.45) is 3.60. The van der Waals surface area contributed by atoms with Crippen LogP contribution < -0.4 is 4.74 Å². The van der Waals surface area contributed by atoms with Crippen LogP contribution in [0, 0.1) is 5.92 Å². The molecule has 2 aliphatic rings. The quantitative estimate of drug-likeness (QED) is 0.801. The number of carbonyl (C=O) groups is 1. The average Bonchev–Trinajstić information content (AvgIpc) is 2.68. The molecular weight excluding hydrogens is 272 g/mol. The topological polar surface area (TPSA) is 43.4 Å². The molecule has 108 valence electrons. The summed E-state index contributed by atoms with van der Waals surface area (Å²) in [5.41, 5.74) is 0.687. The second-order valence-corrected chi connectivity index (χ2v) is 7.60. The summed E-state index contributed by atoms with van der Waals surface area (Å²) in [6.45, 7) is 2.48. The second kappa shape index (κ2) is 5.68. The first-order chi connectivity index (χ1) is 9.70. The van der Waals surface area contributed by atoms with E-state index in [-0.39, 0.29) is 22.2 Å². The lowest BCUT2D eigenvalue weighted by molar-refractivity contribution is 0.0902. The van der Waals surface area contributed by atoms with Crippen LogP contribution in [0.15, 0.2) is 24.3 Å². The fourth-order valence-corrected chi connectivity index (χ4v) is 5.54. The summed E-state index contributed by atoms with van der Waals surface area (Å²) in [4.78, 5) is 12.7. The lowest BCUT2D eigenvalue weighted by Crippen LogP contribution is -2.32. The summed E-state index contributed by atoms with van der Waals surface area (Å²) < 4.78 is 17.6. The van der Waals surface area contributed by atoms with E-state index in [1.165, 1.54) is 0 Å². The first kappa shape index (κ1) is 13.8. The first-order valence-corrected chi connectivity index (χ1v) is 8.63. The predicted octanol–water partition coefficient (Wildman–Crippen LogP) is 2.96. The number of ketones is 1. The molecule has 1 aromatic carbocycles. The molecule has 0 spiro atoms. The Kier molecular flexibility index (Phi) is 3.92. The normalized spacial score (nSPS) is 32.0. The molecule has 4 heteroatoms. The van der Waals surface area contributed by atoms with E-state index < -0.39 is 10.8 Å². The summed E-state index contributed by atoms with van der Waals surface area (Å²) in [5.74, 6) is 0.869. The van der Waals surface area contributed by atoms with E-state index in [4.69, 9.17) is 4.74 Å². The molecule has 1 aromatic rings. The molecule has 0 N–H and O–H groups in total. The Balaban J connectivity index is 1.81. The minimum absolute atomic E-state index is 0.0202. The van der Waals surface area contributed by atoms with Crippen LogP contribution in [0.25, 0.3) is 0 Å². The van der Waals surface area contributed by atoms with E-state index in [0.717, 1.165) is 25.7 Å². The van der Waals surface area contributed by atoms with Gasteiger partial charge in [-0.05, 0) is 44.7 Å². The van der Waals surface area contributed by atoms with E-state index in [1.54, 1.807) is 0 Å². The molecule has 0 aromatic heterocycles. The molecule has 0 saturated carbocycles. The Morgan fingerprint density at radius 2 is 1.90 bits per heavy atom. The number of carbonyl (C=O) groups excluding carboxylic acids is 1. The van der Waals surface area contributed by atoms with E-state index in [9.17, 15) is 9.00 Å². The highest BCUT2D eigenvalue weighted by molar-refractivity contribution is 7.86. The van der Waals surface area contributed by atoms with Gasteiger partial charge in [0.25, 0.3) is 0 Å². The van der Waals surface area contributed by atoms with Crippen molar-refractivity contribution < 1.29 is 13.7 Å². The zero-order chi connectivity index (χ0) is 14.1. The fourth-order valence-electron chi connectivity index (χ4n) is 3.42. The van der Waals surface area contributed by atoms with E-state index in [1.807, 2.05) is 31.2 Å². The number of para-hydroxylation sites is 1. The van der Waals surface area contributed by atoms with Crippen LogP contribution >= 0.6 is 0 Å². The summed E-state index contributed by atoms with van der Waals surface area (Å²) >= 11 is 0. The van der Waals surface area contributed by atoms with Crippen molar-refractivity contribution >= 4 is 16.6 Å². The van der Waals surface area contributed by atoms with Crippen LogP contribution in [0.5, 0.6) is 5.75 Å². The summed E-state index contributed by atoms with van der Waals surface area (Å²) in [5, 5.41) is 0.476. The van der Waals surface area contributed by atoms with Gasteiger partial charge in [0.05, 0.1) is 12.2 Å². The molecule has 2 bridgehead atoms. The Bertz CT molecular complexity index is 524.